The molecule has 2 rings (SSSR count). The Kier molecular flexibility index (Phi) is 5.31. The van der Waals surface area contributed by atoms with Crippen LogP contribution in [0.1, 0.15) is 24.4 Å². The zero-order valence-electron chi connectivity index (χ0n) is 11.6. The number of hydrogen-bond donors (Lipinski definition) is 4. The molecular formula is C14H22N2O4. The van der Waals surface area contributed by atoms with E-state index in [1.807, 2.05) is 6.07 Å². The Bertz CT molecular complexity index is 419. The van der Waals surface area contributed by atoms with Gasteiger partial charge in [-0.15, -0.1) is 0 Å². The Morgan fingerprint density at radius 1 is 1.35 bits per heavy atom. The zero-order valence-corrected chi connectivity index (χ0v) is 11.6. The first-order valence-electron chi connectivity index (χ1n) is 6.82. The average Bonchev–Trinajstić information content (AvgIpc) is 2.46. The lowest BCUT2D eigenvalue weighted by Gasteiger charge is -2.39. The van der Waals surface area contributed by atoms with Gasteiger partial charge in [0.1, 0.15) is 5.75 Å². The van der Waals surface area contributed by atoms with Crippen molar-refractivity contribution in [3.63, 3.8) is 0 Å². The van der Waals surface area contributed by atoms with Gasteiger partial charge in [0.05, 0.1) is 38.7 Å². The second-order valence-electron chi connectivity index (χ2n) is 5.25. The number of nitrogens with zero attached hydrogens (tertiary/aromatic N) is 1. The summed E-state index contributed by atoms with van der Waals surface area (Å²) in [5.74, 6) is 0.929. The van der Waals surface area contributed by atoms with Crippen molar-refractivity contribution in [1.29, 1.82) is 0 Å². The summed E-state index contributed by atoms with van der Waals surface area (Å²) in [6.07, 6.45) is 4.53. The second kappa shape index (κ2) is 6.99. The van der Waals surface area contributed by atoms with Gasteiger partial charge < -0.3 is 25.4 Å². The molecule has 6 nitrogen and oxygen atoms in total. The fourth-order valence-electron chi connectivity index (χ4n) is 2.54. The Balaban J connectivity index is 2.16. The van der Waals surface area contributed by atoms with E-state index in [1.54, 1.807) is 19.5 Å². The molecule has 0 saturated heterocycles. The van der Waals surface area contributed by atoms with Crippen LogP contribution >= 0.6 is 0 Å². The molecule has 0 aromatic carbocycles. The fourth-order valence-corrected chi connectivity index (χ4v) is 2.54. The van der Waals surface area contributed by atoms with Crippen molar-refractivity contribution < 1.29 is 20.1 Å². The van der Waals surface area contributed by atoms with Crippen LogP contribution in [0.5, 0.6) is 5.75 Å². The third kappa shape index (κ3) is 3.46. The first-order chi connectivity index (χ1) is 9.67. The highest BCUT2D eigenvalue weighted by molar-refractivity contribution is 5.27. The highest BCUT2D eigenvalue weighted by atomic mass is 16.5. The van der Waals surface area contributed by atoms with Crippen LogP contribution in [-0.2, 0) is 0 Å². The van der Waals surface area contributed by atoms with Gasteiger partial charge >= 0.3 is 0 Å². The highest BCUT2D eigenvalue weighted by Gasteiger charge is 2.35. The van der Waals surface area contributed by atoms with Crippen molar-refractivity contribution in [3.8, 4) is 5.75 Å². The van der Waals surface area contributed by atoms with Gasteiger partial charge in [-0.1, -0.05) is 0 Å². The quantitative estimate of drug-likeness (QED) is 0.555. The van der Waals surface area contributed by atoms with E-state index in [0.29, 0.717) is 18.6 Å². The number of aromatic nitrogens is 1. The van der Waals surface area contributed by atoms with Crippen molar-refractivity contribution in [3.05, 3.63) is 24.0 Å². The molecular weight excluding hydrogens is 260 g/mol. The van der Waals surface area contributed by atoms with Crippen molar-refractivity contribution in [2.24, 2.45) is 5.92 Å². The number of methoxy groups -OCH3 is 1. The number of ether oxygens (including phenoxy) is 1. The van der Waals surface area contributed by atoms with Crippen molar-refractivity contribution in [2.75, 3.05) is 20.3 Å². The summed E-state index contributed by atoms with van der Waals surface area (Å²) in [6.45, 7) is -0.278. The molecule has 1 heterocycles. The van der Waals surface area contributed by atoms with Crippen LogP contribution in [0.4, 0.5) is 0 Å². The van der Waals surface area contributed by atoms with Gasteiger partial charge in [0.15, 0.2) is 0 Å². The lowest BCUT2D eigenvalue weighted by molar-refractivity contribution is 0.0177. The molecule has 20 heavy (non-hydrogen) atoms. The number of pyridine rings is 1. The molecule has 1 fully saturated rings. The van der Waals surface area contributed by atoms with Crippen molar-refractivity contribution in [2.45, 2.75) is 31.0 Å². The smallest absolute Gasteiger partial charge is 0.137 e. The van der Waals surface area contributed by atoms with Crippen LogP contribution in [0.2, 0.25) is 0 Å². The summed E-state index contributed by atoms with van der Waals surface area (Å²) >= 11 is 0. The predicted octanol–water partition coefficient (Wildman–Crippen LogP) is -0.155. The topological polar surface area (TPSA) is 94.8 Å². The third-order valence-corrected chi connectivity index (χ3v) is 3.81. The summed E-state index contributed by atoms with van der Waals surface area (Å²) in [7, 11) is 1.58. The SMILES string of the molecule is COc1cncc([C@H](NC(CO)CO)C2CC(O)C2)c1. The van der Waals surface area contributed by atoms with Gasteiger partial charge in [-0.05, 0) is 30.4 Å². The van der Waals surface area contributed by atoms with Crippen LogP contribution in [0.15, 0.2) is 18.5 Å². The summed E-state index contributed by atoms with van der Waals surface area (Å²) in [5.41, 5.74) is 0.938. The monoisotopic (exact) mass is 282 g/mol. The molecule has 112 valence electrons. The Hall–Kier alpha value is -1.21. The molecule has 0 aliphatic heterocycles. The van der Waals surface area contributed by atoms with E-state index in [0.717, 1.165) is 5.56 Å². The van der Waals surface area contributed by atoms with Gasteiger partial charge in [0, 0.05) is 12.2 Å². The van der Waals surface area contributed by atoms with Gasteiger partial charge in [-0.2, -0.15) is 0 Å². The van der Waals surface area contributed by atoms with E-state index < -0.39 is 0 Å². The molecule has 0 radical (unpaired) electrons. The summed E-state index contributed by atoms with van der Waals surface area (Å²) in [4.78, 5) is 4.14. The molecule has 4 N–H and O–H groups in total. The molecule has 0 spiro atoms. The molecule has 6 heteroatoms. The molecule has 1 saturated carbocycles. The van der Waals surface area contributed by atoms with Crippen LogP contribution in [0.3, 0.4) is 0 Å². The third-order valence-electron chi connectivity index (χ3n) is 3.81. The van der Waals surface area contributed by atoms with Gasteiger partial charge in [0.25, 0.3) is 0 Å². The lowest BCUT2D eigenvalue weighted by Crippen LogP contribution is -2.45. The maximum atomic E-state index is 9.50. The average molecular weight is 282 g/mol. The Morgan fingerprint density at radius 3 is 2.60 bits per heavy atom. The lowest BCUT2D eigenvalue weighted by atomic mass is 9.75. The molecule has 1 aromatic rings. The number of nitrogens with one attached hydrogen (secondary N) is 1. The normalized spacial score (nSPS) is 23.4. The van der Waals surface area contributed by atoms with Crippen LogP contribution in [-0.4, -0.2) is 52.8 Å². The second-order valence-corrected chi connectivity index (χ2v) is 5.25. The minimum atomic E-state index is -0.385. The summed E-state index contributed by atoms with van der Waals surface area (Å²) in [6, 6.07) is 1.44. The van der Waals surface area contributed by atoms with E-state index in [-0.39, 0.29) is 37.3 Å². The van der Waals surface area contributed by atoms with E-state index >= 15 is 0 Å². The predicted molar refractivity (Wildman–Crippen MR) is 73.4 cm³/mol. The Morgan fingerprint density at radius 2 is 2.05 bits per heavy atom. The zero-order chi connectivity index (χ0) is 14.5. The van der Waals surface area contributed by atoms with Crippen LogP contribution < -0.4 is 10.1 Å². The number of rotatable bonds is 7. The molecule has 1 aromatic heterocycles. The van der Waals surface area contributed by atoms with Gasteiger partial charge in [-0.25, -0.2) is 0 Å². The minimum absolute atomic E-state index is 0.0645. The maximum absolute atomic E-state index is 9.50. The molecule has 0 amide bonds. The first-order valence-corrected chi connectivity index (χ1v) is 6.82. The van der Waals surface area contributed by atoms with Gasteiger partial charge in [-0.3, -0.25) is 4.98 Å². The molecule has 0 unspecified atom stereocenters. The molecule has 1 aliphatic carbocycles. The standard InChI is InChI=1S/C14H22N2O4/c1-20-13-4-10(5-15-6-13)14(9-2-12(19)3-9)16-11(7-17)8-18/h4-6,9,11-12,14,16-19H,2-3,7-8H2,1H3/t9?,12?,14-/m1/s1. The number of aliphatic hydroxyl groups excluding tert-OH is 3. The minimum Gasteiger partial charge on any atom is -0.495 e. The largest absolute Gasteiger partial charge is 0.495 e. The summed E-state index contributed by atoms with van der Waals surface area (Å²) < 4.78 is 5.18. The van der Waals surface area contributed by atoms with E-state index in [1.165, 1.54) is 0 Å². The van der Waals surface area contributed by atoms with Crippen molar-refractivity contribution >= 4 is 0 Å². The first kappa shape index (κ1) is 15.2. The number of aliphatic hydroxyl groups is 3. The van der Waals surface area contributed by atoms with E-state index in [9.17, 15) is 15.3 Å². The number of hydrogen-bond acceptors (Lipinski definition) is 6. The fraction of sp³-hybridized carbons (Fsp3) is 0.643. The maximum Gasteiger partial charge on any atom is 0.137 e. The highest BCUT2D eigenvalue weighted by Crippen LogP contribution is 2.38. The van der Waals surface area contributed by atoms with E-state index in [4.69, 9.17) is 4.74 Å². The van der Waals surface area contributed by atoms with Crippen LogP contribution in [0.25, 0.3) is 0 Å². The Labute approximate surface area is 118 Å². The van der Waals surface area contributed by atoms with Gasteiger partial charge in [0.2, 0.25) is 0 Å². The summed E-state index contributed by atoms with van der Waals surface area (Å²) in [5, 5.41) is 31.2. The molecule has 1 atom stereocenters. The van der Waals surface area contributed by atoms with E-state index in [2.05, 4.69) is 10.3 Å². The molecule has 0 bridgehead atoms. The van der Waals surface area contributed by atoms with Crippen molar-refractivity contribution in [1.82, 2.24) is 10.3 Å². The van der Waals surface area contributed by atoms with Crippen LogP contribution in [0, 0.1) is 5.92 Å². The molecule has 1 aliphatic rings.